The third-order valence-corrected chi connectivity index (χ3v) is 4.69. The summed E-state index contributed by atoms with van der Waals surface area (Å²) in [7, 11) is 3.23. The molecule has 1 heterocycles. The molecule has 3 aromatic carbocycles. The van der Waals surface area contributed by atoms with E-state index >= 15 is 0 Å². The average molecular weight is 360 g/mol. The van der Waals surface area contributed by atoms with E-state index in [1.165, 1.54) is 0 Å². The lowest BCUT2D eigenvalue weighted by molar-refractivity contribution is -0.119. The molecule has 1 unspecified atom stereocenters. The molecular formula is C22H20N2O3. The number of ether oxygens (including phenoxy) is 2. The Hall–Kier alpha value is -3.47. The fourth-order valence-corrected chi connectivity index (χ4v) is 3.34. The molecule has 0 saturated carbocycles. The van der Waals surface area contributed by atoms with E-state index in [2.05, 4.69) is 5.32 Å². The summed E-state index contributed by atoms with van der Waals surface area (Å²) < 4.78 is 10.7. The monoisotopic (exact) mass is 360 g/mol. The van der Waals surface area contributed by atoms with Gasteiger partial charge in [0, 0.05) is 0 Å². The molecule has 1 aliphatic rings. The molecule has 1 N–H and O–H groups in total. The van der Waals surface area contributed by atoms with Crippen molar-refractivity contribution in [1.29, 1.82) is 0 Å². The summed E-state index contributed by atoms with van der Waals surface area (Å²) in [6.07, 6.45) is 0. The van der Waals surface area contributed by atoms with E-state index in [1.54, 1.807) is 19.1 Å². The highest BCUT2D eigenvalue weighted by molar-refractivity contribution is 6.11. The smallest absolute Gasteiger partial charge is 0.258 e. The van der Waals surface area contributed by atoms with Gasteiger partial charge in [0.15, 0.2) is 0 Å². The molecule has 0 bridgehead atoms. The van der Waals surface area contributed by atoms with Crippen molar-refractivity contribution >= 4 is 23.0 Å². The first kappa shape index (κ1) is 17.0. The van der Waals surface area contributed by atoms with Gasteiger partial charge >= 0.3 is 0 Å². The first-order chi connectivity index (χ1) is 13.2. The molecule has 0 radical (unpaired) electrons. The zero-order valence-electron chi connectivity index (χ0n) is 15.2. The Balaban J connectivity index is 1.83. The van der Waals surface area contributed by atoms with Crippen molar-refractivity contribution in [2.24, 2.45) is 0 Å². The molecule has 0 aromatic heterocycles. The molecule has 0 aliphatic carbocycles. The second-order valence-corrected chi connectivity index (χ2v) is 6.21. The molecule has 4 rings (SSSR count). The van der Waals surface area contributed by atoms with E-state index in [9.17, 15) is 4.79 Å². The zero-order chi connectivity index (χ0) is 18.8. The van der Waals surface area contributed by atoms with Crippen molar-refractivity contribution in [1.82, 2.24) is 0 Å². The zero-order valence-corrected chi connectivity index (χ0v) is 15.2. The Morgan fingerprint density at radius 3 is 2.19 bits per heavy atom. The summed E-state index contributed by atoms with van der Waals surface area (Å²) in [5.74, 6) is 1.34. The number of methoxy groups -OCH3 is 2. The maximum atomic E-state index is 13.5. The standard InChI is InChI=1S/C22H20N2O3/c1-26-16-13-11-15(12-14-16)21-22(25)24(18-8-4-3-7-17(18)23-21)19-9-5-6-10-20(19)27-2/h3-14,21,23H,1-2H3. The number of para-hydroxylation sites is 4. The van der Waals surface area contributed by atoms with Crippen molar-refractivity contribution < 1.29 is 14.3 Å². The largest absolute Gasteiger partial charge is 0.497 e. The van der Waals surface area contributed by atoms with Crippen LogP contribution in [0.4, 0.5) is 17.1 Å². The molecule has 5 heteroatoms. The van der Waals surface area contributed by atoms with Crippen LogP contribution in [0.3, 0.4) is 0 Å². The van der Waals surface area contributed by atoms with Crippen molar-refractivity contribution in [2.75, 3.05) is 24.4 Å². The van der Waals surface area contributed by atoms with Gasteiger partial charge in [-0.1, -0.05) is 36.4 Å². The quantitative estimate of drug-likeness (QED) is 0.742. The van der Waals surface area contributed by atoms with E-state index in [1.807, 2.05) is 72.8 Å². The number of rotatable bonds is 4. The molecule has 0 spiro atoms. The fourth-order valence-electron chi connectivity index (χ4n) is 3.34. The summed E-state index contributed by atoms with van der Waals surface area (Å²) >= 11 is 0. The minimum absolute atomic E-state index is 0.0663. The number of amides is 1. The summed E-state index contributed by atoms with van der Waals surface area (Å²) in [5.41, 5.74) is 3.29. The second-order valence-electron chi connectivity index (χ2n) is 6.21. The minimum atomic E-state index is -0.504. The number of benzene rings is 3. The topological polar surface area (TPSA) is 50.8 Å². The number of nitrogens with zero attached hydrogens (tertiary/aromatic N) is 1. The SMILES string of the molecule is COc1ccc(C2Nc3ccccc3N(c3ccccc3OC)C2=O)cc1. The van der Waals surface area contributed by atoms with Gasteiger partial charge < -0.3 is 14.8 Å². The summed E-state index contributed by atoms with van der Waals surface area (Å²) in [5, 5.41) is 3.36. The third-order valence-electron chi connectivity index (χ3n) is 4.69. The molecule has 136 valence electrons. The number of nitrogens with one attached hydrogen (secondary N) is 1. The number of carbonyl (C=O) groups excluding carboxylic acids is 1. The van der Waals surface area contributed by atoms with Crippen molar-refractivity contribution in [2.45, 2.75) is 6.04 Å². The fraction of sp³-hybridized carbons (Fsp3) is 0.136. The number of fused-ring (bicyclic) bond motifs is 1. The van der Waals surface area contributed by atoms with Crippen LogP contribution in [0.5, 0.6) is 11.5 Å². The molecule has 1 atom stereocenters. The lowest BCUT2D eigenvalue weighted by atomic mass is 10.0. The van der Waals surface area contributed by atoms with Gasteiger partial charge in [0.25, 0.3) is 5.91 Å². The van der Waals surface area contributed by atoms with Gasteiger partial charge in [0.05, 0.1) is 31.3 Å². The molecule has 0 fully saturated rings. The van der Waals surface area contributed by atoms with Gasteiger partial charge in [0.2, 0.25) is 0 Å². The van der Waals surface area contributed by atoms with Crippen LogP contribution in [0, 0.1) is 0 Å². The van der Waals surface area contributed by atoms with Crippen LogP contribution >= 0.6 is 0 Å². The summed E-state index contributed by atoms with van der Waals surface area (Å²) in [4.78, 5) is 15.2. The van der Waals surface area contributed by atoms with E-state index in [-0.39, 0.29) is 5.91 Å². The number of anilines is 3. The van der Waals surface area contributed by atoms with Crippen LogP contribution in [0.25, 0.3) is 0 Å². The molecule has 5 nitrogen and oxygen atoms in total. The highest BCUT2D eigenvalue weighted by atomic mass is 16.5. The highest BCUT2D eigenvalue weighted by Crippen LogP contribution is 2.43. The number of hydrogen-bond donors (Lipinski definition) is 1. The third kappa shape index (κ3) is 2.97. The Kier molecular flexibility index (Phi) is 4.42. The molecule has 0 saturated heterocycles. The van der Waals surface area contributed by atoms with Crippen LogP contribution in [-0.4, -0.2) is 20.1 Å². The normalized spacial score (nSPS) is 15.7. The molecule has 1 amide bonds. The molecule has 27 heavy (non-hydrogen) atoms. The molecule has 3 aromatic rings. The van der Waals surface area contributed by atoms with E-state index < -0.39 is 6.04 Å². The Labute approximate surface area is 158 Å². The van der Waals surface area contributed by atoms with Gasteiger partial charge in [-0.2, -0.15) is 0 Å². The number of hydrogen-bond acceptors (Lipinski definition) is 4. The van der Waals surface area contributed by atoms with E-state index in [0.717, 1.165) is 28.4 Å². The molecule has 1 aliphatic heterocycles. The van der Waals surface area contributed by atoms with Crippen LogP contribution in [-0.2, 0) is 4.79 Å². The summed E-state index contributed by atoms with van der Waals surface area (Å²) in [6, 6.07) is 22.3. The van der Waals surface area contributed by atoms with Crippen molar-refractivity contribution in [3.05, 3.63) is 78.4 Å². The first-order valence-corrected chi connectivity index (χ1v) is 8.69. The van der Waals surface area contributed by atoms with Crippen LogP contribution < -0.4 is 19.7 Å². The highest BCUT2D eigenvalue weighted by Gasteiger charge is 2.35. The van der Waals surface area contributed by atoms with Gasteiger partial charge in [-0.15, -0.1) is 0 Å². The maximum absolute atomic E-state index is 13.5. The van der Waals surface area contributed by atoms with Crippen LogP contribution in [0.1, 0.15) is 11.6 Å². The van der Waals surface area contributed by atoms with Crippen molar-refractivity contribution in [3.63, 3.8) is 0 Å². The Morgan fingerprint density at radius 2 is 1.48 bits per heavy atom. The maximum Gasteiger partial charge on any atom is 0.258 e. The van der Waals surface area contributed by atoms with Gasteiger partial charge in [0.1, 0.15) is 17.5 Å². The van der Waals surface area contributed by atoms with Crippen LogP contribution in [0.2, 0.25) is 0 Å². The van der Waals surface area contributed by atoms with E-state index in [4.69, 9.17) is 9.47 Å². The van der Waals surface area contributed by atoms with E-state index in [0.29, 0.717) is 5.75 Å². The predicted octanol–water partition coefficient (Wildman–Crippen LogP) is 4.54. The van der Waals surface area contributed by atoms with Gasteiger partial charge in [-0.25, -0.2) is 0 Å². The van der Waals surface area contributed by atoms with Gasteiger partial charge in [-0.3, -0.25) is 9.69 Å². The lowest BCUT2D eigenvalue weighted by Gasteiger charge is -2.36. The lowest BCUT2D eigenvalue weighted by Crippen LogP contribution is -2.39. The van der Waals surface area contributed by atoms with Crippen LogP contribution in [0.15, 0.2) is 72.8 Å². The first-order valence-electron chi connectivity index (χ1n) is 8.69. The molecular weight excluding hydrogens is 340 g/mol. The van der Waals surface area contributed by atoms with Crippen molar-refractivity contribution in [3.8, 4) is 11.5 Å². The Bertz CT molecular complexity index is 969. The summed E-state index contributed by atoms with van der Waals surface area (Å²) in [6.45, 7) is 0. The second kappa shape index (κ2) is 7.03. The minimum Gasteiger partial charge on any atom is -0.497 e. The average Bonchev–Trinajstić information content (AvgIpc) is 2.73. The predicted molar refractivity (Wildman–Crippen MR) is 106 cm³/mol. The Morgan fingerprint density at radius 1 is 0.815 bits per heavy atom. The van der Waals surface area contributed by atoms with Gasteiger partial charge in [-0.05, 0) is 42.0 Å². The number of carbonyl (C=O) groups is 1.